The summed E-state index contributed by atoms with van der Waals surface area (Å²) in [6.07, 6.45) is 0. The molecule has 1 heterocycles. The number of hydrogen-bond donors (Lipinski definition) is 0. The van der Waals surface area contributed by atoms with Crippen LogP contribution in [0.4, 0.5) is 0 Å². The van der Waals surface area contributed by atoms with Gasteiger partial charge in [-0.15, -0.1) is 11.3 Å². The number of aromatic nitrogens is 1. The van der Waals surface area contributed by atoms with Crippen molar-refractivity contribution < 1.29 is 14.3 Å². The molecule has 0 atom stereocenters. The van der Waals surface area contributed by atoms with Crippen LogP contribution in [0.1, 0.15) is 6.92 Å². The molecule has 116 valence electrons. The van der Waals surface area contributed by atoms with Crippen LogP contribution in [0.15, 0.2) is 54.6 Å². The molecule has 0 saturated heterocycles. The largest absolute Gasteiger partial charge is 0.496 e. The molecule has 0 aliphatic rings. The fraction of sp³-hybridized carbons (Fsp3) is 0.111. The fourth-order valence-electron chi connectivity index (χ4n) is 2.09. The summed E-state index contributed by atoms with van der Waals surface area (Å²) >= 11 is 1.59. The molecular formula is C18H15NO3S. The van der Waals surface area contributed by atoms with Crippen molar-refractivity contribution in [3.8, 4) is 22.1 Å². The fourth-order valence-corrected chi connectivity index (χ4v) is 3.09. The Hall–Kier alpha value is -2.66. The van der Waals surface area contributed by atoms with Gasteiger partial charge in [0.1, 0.15) is 16.5 Å². The maximum atomic E-state index is 11.6. The van der Waals surface area contributed by atoms with Gasteiger partial charge < -0.3 is 9.47 Å². The van der Waals surface area contributed by atoms with Crippen molar-refractivity contribution in [2.24, 2.45) is 0 Å². The zero-order chi connectivity index (χ0) is 16.4. The van der Waals surface area contributed by atoms with E-state index in [0.29, 0.717) is 17.1 Å². The number of carbonyl (C=O) groups is 1. The van der Waals surface area contributed by atoms with Crippen LogP contribution in [0, 0.1) is 0 Å². The maximum Gasteiger partial charge on any atom is 0.338 e. The Bertz CT molecular complexity index is 865. The molecule has 1 aromatic heterocycles. The summed E-state index contributed by atoms with van der Waals surface area (Å²) in [5.41, 5.74) is 2.16. The minimum atomic E-state index is -0.459. The Morgan fingerprint density at radius 3 is 2.70 bits per heavy atom. The summed E-state index contributed by atoms with van der Waals surface area (Å²) in [4.78, 5) is 16.2. The first-order valence-corrected chi connectivity index (χ1v) is 7.82. The van der Waals surface area contributed by atoms with Gasteiger partial charge >= 0.3 is 5.97 Å². The normalized spacial score (nSPS) is 10.5. The van der Waals surface area contributed by atoms with Crippen molar-refractivity contribution in [3.63, 3.8) is 0 Å². The van der Waals surface area contributed by atoms with E-state index in [1.165, 1.54) is 0 Å². The highest BCUT2D eigenvalue weighted by atomic mass is 32.1. The number of fused-ring (bicyclic) bond motifs is 1. The van der Waals surface area contributed by atoms with Gasteiger partial charge in [-0.1, -0.05) is 18.7 Å². The first kappa shape index (κ1) is 15.2. The predicted octanol–water partition coefficient (Wildman–Crippen LogP) is 4.45. The van der Waals surface area contributed by atoms with Crippen molar-refractivity contribution in [1.29, 1.82) is 0 Å². The van der Waals surface area contributed by atoms with Crippen LogP contribution in [-0.2, 0) is 4.79 Å². The lowest BCUT2D eigenvalue weighted by atomic mass is 10.2. The van der Waals surface area contributed by atoms with E-state index in [-0.39, 0.29) is 0 Å². The van der Waals surface area contributed by atoms with Crippen molar-refractivity contribution in [3.05, 3.63) is 54.6 Å². The van der Waals surface area contributed by atoms with E-state index in [0.717, 1.165) is 20.8 Å². The minimum absolute atomic E-state index is 0.346. The van der Waals surface area contributed by atoms with Crippen LogP contribution in [-0.4, -0.2) is 18.1 Å². The van der Waals surface area contributed by atoms with E-state index in [9.17, 15) is 4.79 Å². The Morgan fingerprint density at radius 1 is 1.22 bits per heavy atom. The zero-order valence-electron chi connectivity index (χ0n) is 12.8. The number of ether oxygens (including phenoxy) is 2. The van der Waals surface area contributed by atoms with Gasteiger partial charge in [0.15, 0.2) is 0 Å². The van der Waals surface area contributed by atoms with Gasteiger partial charge in [-0.3, -0.25) is 0 Å². The van der Waals surface area contributed by atoms with E-state index in [1.807, 2.05) is 30.3 Å². The molecule has 0 aliphatic heterocycles. The summed E-state index contributed by atoms with van der Waals surface area (Å²) in [5.74, 6) is 0.565. The minimum Gasteiger partial charge on any atom is -0.496 e. The topological polar surface area (TPSA) is 48.4 Å². The highest BCUT2D eigenvalue weighted by Gasteiger charge is 2.14. The predicted molar refractivity (Wildman–Crippen MR) is 92.1 cm³/mol. The number of methoxy groups -OCH3 is 1. The molecule has 0 N–H and O–H groups in total. The molecule has 0 amide bonds. The number of benzene rings is 2. The van der Waals surface area contributed by atoms with E-state index < -0.39 is 5.97 Å². The van der Waals surface area contributed by atoms with Gasteiger partial charge in [0.25, 0.3) is 0 Å². The van der Waals surface area contributed by atoms with Gasteiger partial charge in [-0.25, -0.2) is 9.78 Å². The lowest BCUT2D eigenvalue weighted by Gasteiger charge is -2.09. The first-order valence-electron chi connectivity index (χ1n) is 7.00. The second-order valence-electron chi connectivity index (χ2n) is 5.02. The summed E-state index contributed by atoms with van der Waals surface area (Å²) in [6.45, 7) is 5.18. The zero-order valence-corrected chi connectivity index (χ0v) is 13.6. The Balaban J connectivity index is 1.99. The molecule has 0 unspecified atom stereocenters. The number of esters is 1. The third-order valence-corrected chi connectivity index (χ3v) is 4.33. The smallest absolute Gasteiger partial charge is 0.338 e. The van der Waals surface area contributed by atoms with E-state index in [4.69, 9.17) is 9.47 Å². The summed E-state index contributed by atoms with van der Waals surface area (Å²) in [6, 6.07) is 13.2. The quantitative estimate of drug-likeness (QED) is 0.404. The van der Waals surface area contributed by atoms with Gasteiger partial charge in [-0.2, -0.15) is 0 Å². The molecule has 2 aromatic carbocycles. The highest BCUT2D eigenvalue weighted by Crippen LogP contribution is 2.37. The molecule has 23 heavy (non-hydrogen) atoms. The Kier molecular flexibility index (Phi) is 4.12. The third-order valence-electron chi connectivity index (χ3n) is 3.26. The molecule has 4 nitrogen and oxygen atoms in total. The molecule has 0 spiro atoms. The van der Waals surface area contributed by atoms with Crippen LogP contribution >= 0.6 is 11.3 Å². The molecule has 5 heteroatoms. The summed E-state index contributed by atoms with van der Waals surface area (Å²) in [5, 5.41) is 0.862. The van der Waals surface area contributed by atoms with E-state index >= 15 is 0 Å². The van der Waals surface area contributed by atoms with Gasteiger partial charge in [-0.05, 0) is 31.2 Å². The SMILES string of the molecule is C=C(C)C(=O)Oc1ccc(-c2nc3ccccc3s2)c(OC)c1. The number of nitrogens with zero attached hydrogens (tertiary/aromatic N) is 1. The molecule has 3 rings (SSSR count). The van der Waals surface area contributed by atoms with Crippen LogP contribution in [0.5, 0.6) is 11.5 Å². The molecule has 3 aromatic rings. The summed E-state index contributed by atoms with van der Waals surface area (Å²) < 4.78 is 11.8. The number of hydrogen-bond acceptors (Lipinski definition) is 5. The van der Waals surface area contributed by atoms with Crippen LogP contribution in [0.3, 0.4) is 0 Å². The van der Waals surface area contributed by atoms with E-state index in [2.05, 4.69) is 11.6 Å². The van der Waals surface area contributed by atoms with Crippen molar-refractivity contribution in [1.82, 2.24) is 4.98 Å². The standard InChI is InChI=1S/C18H15NO3S/c1-11(2)18(20)22-12-8-9-13(15(10-12)21-3)17-19-14-6-4-5-7-16(14)23-17/h4-10H,1H2,2-3H3. The van der Waals surface area contributed by atoms with Crippen LogP contribution in [0.2, 0.25) is 0 Å². The van der Waals surface area contributed by atoms with Gasteiger partial charge in [0.05, 0.1) is 22.9 Å². The molecule has 0 saturated carbocycles. The highest BCUT2D eigenvalue weighted by molar-refractivity contribution is 7.21. The number of rotatable bonds is 4. The maximum absolute atomic E-state index is 11.6. The molecule has 0 fully saturated rings. The number of para-hydroxylation sites is 1. The van der Waals surface area contributed by atoms with Crippen LogP contribution in [0.25, 0.3) is 20.8 Å². The second-order valence-corrected chi connectivity index (χ2v) is 6.05. The molecule has 0 bridgehead atoms. The monoisotopic (exact) mass is 325 g/mol. The lowest BCUT2D eigenvalue weighted by molar-refractivity contribution is -0.130. The average Bonchev–Trinajstić information content (AvgIpc) is 2.98. The Morgan fingerprint density at radius 2 is 2.00 bits per heavy atom. The Labute approximate surface area is 138 Å². The van der Waals surface area contributed by atoms with E-state index in [1.54, 1.807) is 37.5 Å². The number of thiazole rings is 1. The van der Waals surface area contributed by atoms with Gasteiger partial charge in [0.2, 0.25) is 0 Å². The third kappa shape index (κ3) is 3.10. The van der Waals surface area contributed by atoms with Crippen molar-refractivity contribution in [2.45, 2.75) is 6.92 Å². The van der Waals surface area contributed by atoms with Crippen molar-refractivity contribution >= 4 is 27.5 Å². The molecule has 0 aliphatic carbocycles. The molecule has 0 radical (unpaired) electrons. The lowest BCUT2D eigenvalue weighted by Crippen LogP contribution is -2.08. The first-order chi connectivity index (χ1) is 11.1. The second kappa shape index (κ2) is 6.22. The average molecular weight is 325 g/mol. The number of carbonyl (C=O) groups excluding carboxylic acids is 1. The van der Waals surface area contributed by atoms with Crippen LogP contribution < -0.4 is 9.47 Å². The van der Waals surface area contributed by atoms with Crippen molar-refractivity contribution in [2.75, 3.05) is 7.11 Å². The summed E-state index contributed by atoms with van der Waals surface area (Å²) in [7, 11) is 1.58. The van der Waals surface area contributed by atoms with Gasteiger partial charge in [0, 0.05) is 11.6 Å². The molecular weight excluding hydrogens is 310 g/mol.